The molecule has 0 aliphatic carbocycles. The lowest BCUT2D eigenvalue weighted by atomic mass is 9.98. The van der Waals surface area contributed by atoms with E-state index in [0.717, 1.165) is 22.9 Å². The Balaban J connectivity index is 3.07. The summed E-state index contributed by atoms with van der Waals surface area (Å²) in [5.41, 5.74) is 5.65. The fraction of sp³-hybridized carbons (Fsp3) is 0.520. The van der Waals surface area contributed by atoms with Gasteiger partial charge in [0.2, 0.25) is 0 Å². The summed E-state index contributed by atoms with van der Waals surface area (Å²) in [5, 5.41) is 4.79. The van der Waals surface area contributed by atoms with Gasteiger partial charge >= 0.3 is 0 Å². The molecular weight excluding hydrogens is 409 g/mol. The van der Waals surface area contributed by atoms with Crippen LogP contribution in [0.3, 0.4) is 0 Å². The Morgan fingerprint density at radius 2 is 1.28 bits per heavy atom. The quantitative estimate of drug-likeness (QED) is 0.471. The Hall–Kier alpha value is -0.470. The van der Waals surface area contributed by atoms with E-state index < -0.39 is 7.92 Å². The molecule has 2 atom stereocenters. The molecule has 1 nitrogen and oxygen atoms in total. The van der Waals surface area contributed by atoms with Gasteiger partial charge < -0.3 is 4.74 Å². The third-order valence-corrected chi connectivity index (χ3v) is 10.6. The van der Waals surface area contributed by atoms with Crippen molar-refractivity contribution >= 4 is 41.0 Å². The molecule has 29 heavy (non-hydrogen) atoms. The summed E-state index contributed by atoms with van der Waals surface area (Å²) in [6, 6.07) is 9.24. The lowest BCUT2D eigenvalue weighted by Crippen LogP contribution is -2.34. The van der Waals surface area contributed by atoms with Gasteiger partial charge in [-0.2, -0.15) is 0 Å². The Morgan fingerprint density at radius 3 is 1.66 bits per heavy atom. The van der Waals surface area contributed by atoms with Crippen molar-refractivity contribution in [3.05, 3.63) is 35.4 Å². The molecule has 0 bridgehead atoms. The lowest BCUT2D eigenvalue weighted by molar-refractivity contribution is 0.418. The Kier molecular flexibility index (Phi) is 7.99. The molecule has 0 aliphatic heterocycles. The molecule has 0 fully saturated rings. The molecular formula is C25H39OP3. The predicted octanol–water partition coefficient (Wildman–Crippen LogP) is 6.55. The molecule has 0 N–H and O–H groups in total. The molecule has 160 valence electrons. The molecule has 0 heterocycles. The van der Waals surface area contributed by atoms with Crippen molar-refractivity contribution in [1.29, 1.82) is 0 Å². The maximum Gasteiger partial charge on any atom is 0.127 e. The van der Waals surface area contributed by atoms with Crippen molar-refractivity contribution in [3.63, 3.8) is 0 Å². The Morgan fingerprint density at radius 1 is 0.793 bits per heavy atom. The van der Waals surface area contributed by atoms with Crippen molar-refractivity contribution in [2.75, 3.05) is 20.4 Å². The van der Waals surface area contributed by atoms with Crippen LogP contribution in [0.15, 0.2) is 24.3 Å². The van der Waals surface area contributed by atoms with Crippen LogP contribution in [0.1, 0.15) is 52.7 Å². The smallest absolute Gasteiger partial charge is 0.127 e. The number of aryl methyl sites for hydroxylation is 2. The second kappa shape index (κ2) is 9.35. The van der Waals surface area contributed by atoms with Gasteiger partial charge in [0.15, 0.2) is 0 Å². The number of hydrogen-bond acceptors (Lipinski definition) is 1. The first-order chi connectivity index (χ1) is 13.4. The second-order valence-electron chi connectivity index (χ2n) is 9.72. The molecule has 0 saturated heterocycles. The molecule has 2 aromatic carbocycles. The van der Waals surface area contributed by atoms with Gasteiger partial charge in [0.1, 0.15) is 5.75 Å². The summed E-state index contributed by atoms with van der Waals surface area (Å²) in [5.74, 6) is 1.05. The summed E-state index contributed by atoms with van der Waals surface area (Å²) in [7, 11) is 2.90. The van der Waals surface area contributed by atoms with Gasteiger partial charge in [-0.1, -0.05) is 84.8 Å². The minimum absolute atomic E-state index is 0.178. The van der Waals surface area contributed by atoms with E-state index in [0.29, 0.717) is 0 Å². The molecule has 2 unspecified atom stereocenters. The molecule has 0 radical (unpaired) electrons. The fourth-order valence-corrected chi connectivity index (χ4v) is 10.6. The number of benzene rings is 2. The highest BCUT2D eigenvalue weighted by molar-refractivity contribution is 7.69. The van der Waals surface area contributed by atoms with Crippen molar-refractivity contribution in [2.45, 2.75) is 65.7 Å². The van der Waals surface area contributed by atoms with Crippen LogP contribution in [-0.2, 0) is 0 Å². The van der Waals surface area contributed by atoms with Crippen molar-refractivity contribution in [3.8, 4) is 16.9 Å². The maximum atomic E-state index is 6.03. The van der Waals surface area contributed by atoms with Crippen LogP contribution >= 0.6 is 25.1 Å². The fourth-order valence-electron chi connectivity index (χ4n) is 4.50. The monoisotopic (exact) mass is 448 g/mol. The molecule has 0 aliphatic rings. The summed E-state index contributed by atoms with van der Waals surface area (Å²) < 4.78 is 6.03. The first-order valence-electron chi connectivity index (χ1n) is 10.3. The van der Waals surface area contributed by atoms with E-state index in [2.05, 4.69) is 93.0 Å². The zero-order chi connectivity index (χ0) is 22.1. The van der Waals surface area contributed by atoms with Gasteiger partial charge in [-0.3, -0.25) is 0 Å². The summed E-state index contributed by atoms with van der Waals surface area (Å²) in [6.07, 6.45) is 0. The summed E-state index contributed by atoms with van der Waals surface area (Å²) in [4.78, 5) is 0. The first-order valence-corrected chi connectivity index (χ1v) is 14.7. The van der Waals surface area contributed by atoms with Crippen LogP contribution in [0.5, 0.6) is 5.75 Å². The normalized spacial score (nSPS) is 13.4. The number of methoxy groups -OCH3 is 1. The second-order valence-corrected chi connectivity index (χ2v) is 15.6. The number of ether oxygens (including phenoxy) is 1. The number of hydrogen-bond donors (Lipinski definition) is 0. The first kappa shape index (κ1) is 24.8. The van der Waals surface area contributed by atoms with E-state index in [4.69, 9.17) is 4.74 Å². The molecule has 0 saturated carbocycles. The topological polar surface area (TPSA) is 9.23 Å². The van der Waals surface area contributed by atoms with E-state index in [9.17, 15) is 0 Å². The van der Waals surface area contributed by atoms with Crippen molar-refractivity contribution in [2.24, 2.45) is 0 Å². The van der Waals surface area contributed by atoms with Crippen LogP contribution in [0.4, 0.5) is 0 Å². The minimum atomic E-state index is -0.486. The zero-order valence-corrected chi connectivity index (χ0v) is 23.1. The average molecular weight is 449 g/mol. The van der Waals surface area contributed by atoms with Gasteiger partial charge in [-0.25, -0.2) is 0 Å². The highest BCUT2D eigenvalue weighted by Crippen LogP contribution is 2.61. The average Bonchev–Trinajstić information content (AvgIpc) is 2.59. The molecule has 0 spiro atoms. The summed E-state index contributed by atoms with van der Waals surface area (Å²) >= 11 is 0. The van der Waals surface area contributed by atoms with E-state index >= 15 is 0 Å². The predicted molar refractivity (Wildman–Crippen MR) is 142 cm³/mol. The molecule has 4 heteroatoms. The largest absolute Gasteiger partial charge is 0.496 e. The van der Waals surface area contributed by atoms with E-state index in [1.54, 1.807) is 0 Å². The van der Waals surface area contributed by atoms with Crippen LogP contribution in [-0.4, -0.2) is 30.8 Å². The van der Waals surface area contributed by atoms with E-state index in [-0.39, 0.29) is 10.3 Å². The van der Waals surface area contributed by atoms with E-state index in [1.807, 2.05) is 7.11 Å². The maximum absolute atomic E-state index is 6.03. The van der Waals surface area contributed by atoms with Crippen LogP contribution in [0.2, 0.25) is 0 Å². The van der Waals surface area contributed by atoms with Crippen molar-refractivity contribution in [1.82, 2.24) is 0 Å². The minimum Gasteiger partial charge on any atom is -0.496 e. The lowest BCUT2D eigenvalue weighted by Gasteiger charge is -2.43. The highest BCUT2D eigenvalue weighted by Gasteiger charge is 2.39. The number of rotatable bonds is 5. The zero-order valence-electron chi connectivity index (χ0n) is 20.2. The molecule has 0 amide bonds. The van der Waals surface area contributed by atoms with Gasteiger partial charge in [0.25, 0.3) is 0 Å². The van der Waals surface area contributed by atoms with Crippen LogP contribution < -0.4 is 20.7 Å². The van der Waals surface area contributed by atoms with Gasteiger partial charge in [-0.15, -0.1) is 0 Å². The SMILES string of the molecule is COc1ccc(C)c(-c2c(PC)cc(C)cc2PC)c1P(C(C)(C)C)C(C)(C)C. The Bertz CT molecular complexity index is 834. The van der Waals surface area contributed by atoms with Gasteiger partial charge in [0.05, 0.1) is 7.11 Å². The Labute approximate surface area is 184 Å². The highest BCUT2D eigenvalue weighted by atomic mass is 31.1. The van der Waals surface area contributed by atoms with Gasteiger partial charge in [-0.05, 0) is 76.4 Å². The summed E-state index contributed by atoms with van der Waals surface area (Å²) in [6.45, 7) is 23.5. The van der Waals surface area contributed by atoms with E-state index in [1.165, 1.54) is 38.2 Å². The third kappa shape index (κ3) is 5.24. The standard InChI is InChI=1S/C25H39OP3/c1-16-14-19(27-10)22(20(15-16)28-11)21-17(2)12-13-18(26-9)23(21)29(24(3,4)5)25(6,7)8/h12-15,27-28H,1-11H3. The third-order valence-electron chi connectivity index (χ3n) is 5.21. The van der Waals surface area contributed by atoms with Crippen LogP contribution in [0.25, 0.3) is 11.1 Å². The molecule has 2 aromatic rings. The molecule has 2 rings (SSSR count). The van der Waals surface area contributed by atoms with Crippen LogP contribution in [0, 0.1) is 13.8 Å². The molecule has 0 aromatic heterocycles. The van der Waals surface area contributed by atoms with Crippen molar-refractivity contribution < 1.29 is 4.74 Å². The van der Waals surface area contributed by atoms with Gasteiger partial charge in [0, 0.05) is 5.30 Å².